The highest BCUT2D eigenvalue weighted by Crippen LogP contribution is 2.42. The van der Waals surface area contributed by atoms with Crippen molar-refractivity contribution < 1.29 is 23.9 Å². The number of carbonyl (C=O) groups excluding carboxylic acids is 4. The number of hydrogen-bond acceptors (Lipinski definition) is 8. The number of fused-ring (bicyclic) bond motifs is 1. The number of benzene rings is 1. The van der Waals surface area contributed by atoms with Crippen LogP contribution in [0.4, 0.5) is 10.5 Å². The summed E-state index contributed by atoms with van der Waals surface area (Å²) in [6.45, 7) is 6.57. The molecule has 1 saturated heterocycles. The molecule has 1 aliphatic rings. The summed E-state index contributed by atoms with van der Waals surface area (Å²) in [5.41, 5.74) is 19.4. The van der Waals surface area contributed by atoms with Gasteiger partial charge in [-0.05, 0) is 51.0 Å². The summed E-state index contributed by atoms with van der Waals surface area (Å²) < 4.78 is 5.55. The van der Waals surface area contributed by atoms with E-state index in [1.165, 1.54) is 0 Å². The maximum atomic E-state index is 12.7. The lowest BCUT2D eigenvalue weighted by Crippen LogP contribution is -2.35. The minimum Gasteiger partial charge on any atom is -0.444 e. The molecule has 0 spiro atoms. The van der Waals surface area contributed by atoms with Gasteiger partial charge in [-0.2, -0.15) is 0 Å². The molecule has 1 aliphatic heterocycles. The van der Waals surface area contributed by atoms with Crippen molar-refractivity contribution in [2.45, 2.75) is 45.1 Å². The molecule has 4 rings (SSSR count). The quantitative estimate of drug-likeness (QED) is 0.347. The third-order valence-electron chi connectivity index (χ3n) is 6.33. The van der Waals surface area contributed by atoms with Crippen molar-refractivity contribution in [1.82, 2.24) is 15.2 Å². The van der Waals surface area contributed by atoms with Crippen molar-refractivity contribution in [3.8, 4) is 11.3 Å². The molecular weight excluding hydrogens is 520 g/mol. The monoisotopic (exact) mass is 552 g/mol. The first kappa shape index (κ1) is 27.8. The molecule has 1 fully saturated rings. The lowest BCUT2D eigenvalue weighted by Gasteiger charge is -2.24. The molecule has 4 amide bonds. The highest BCUT2D eigenvalue weighted by atomic mass is 32.1. The number of primary amides is 2. The van der Waals surface area contributed by atoms with Crippen molar-refractivity contribution in [3.05, 3.63) is 46.3 Å². The molecule has 206 valence electrons. The highest BCUT2D eigenvalue weighted by molar-refractivity contribution is 7.21. The summed E-state index contributed by atoms with van der Waals surface area (Å²) in [5, 5.41) is 3.32. The Hall–Kier alpha value is -4.19. The minimum absolute atomic E-state index is 0.0558. The van der Waals surface area contributed by atoms with E-state index in [1.807, 2.05) is 26.8 Å². The maximum Gasteiger partial charge on any atom is 0.410 e. The molecule has 12 heteroatoms. The van der Waals surface area contributed by atoms with Gasteiger partial charge in [0.1, 0.15) is 15.3 Å². The van der Waals surface area contributed by atoms with Gasteiger partial charge in [0.2, 0.25) is 5.91 Å². The van der Waals surface area contributed by atoms with Gasteiger partial charge in [-0.25, -0.2) is 9.78 Å². The molecule has 1 unspecified atom stereocenters. The fourth-order valence-corrected chi connectivity index (χ4v) is 5.48. The molecule has 0 bridgehead atoms. The Labute approximate surface area is 229 Å². The van der Waals surface area contributed by atoms with E-state index in [0.29, 0.717) is 41.0 Å². The van der Waals surface area contributed by atoms with Crippen LogP contribution in [0.3, 0.4) is 0 Å². The van der Waals surface area contributed by atoms with Gasteiger partial charge >= 0.3 is 6.09 Å². The molecule has 1 aromatic carbocycles. The lowest BCUT2D eigenvalue weighted by atomic mass is 9.93. The number of nitrogens with one attached hydrogen (secondary N) is 1. The van der Waals surface area contributed by atoms with Gasteiger partial charge in [0.05, 0.1) is 11.4 Å². The van der Waals surface area contributed by atoms with E-state index in [2.05, 4.69) is 5.32 Å². The molecule has 2 aromatic heterocycles. The van der Waals surface area contributed by atoms with Crippen LogP contribution < -0.4 is 22.5 Å². The van der Waals surface area contributed by atoms with Gasteiger partial charge in [-0.3, -0.25) is 14.4 Å². The molecule has 7 N–H and O–H groups in total. The second-order valence-electron chi connectivity index (χ2n) is 10.4. The summed E-state index contributed by atoms with van der Waals surface area (Å²) in [6, 6.07) is 8.79. The van der Waals surface area contributed by atoms with Crippen LogP contribution in [-0.2, 0) is 9.53 Å². The summed E-state index contributed by atoms with van der Waals surface area (Å²) in [4.78, 5) is 55.3. The number of nitrogens with zero attached hydrogens (tertiary/aromatic N) is 2. The molecule has 3 aromatic rings. The van der Waals surface area contributed by atoms with Gasteiger partial charge in [0, 0.05) is 48.5 Å². The standard InChI is InChI=1S/C27H32N6O5S/c1-27(2,3)38-26(37)33-11-9-16(13-33)17-12-18(32-25-20(17)21(29)22(39-25)23(30)35)14-4-6-15(7-5-14)24(36)31-10-8-19(28)34/h4-7,12,16H,8-11,13,29H2,1-3H3,(H2,28,34)(H2,30,35)(H,31,36). The third kappa shape index (κ3) is 6.28. The van der Waals surface area contributed by atoms with Gasteiger partial charge in [-0.1, -0.05) is 12.1 Å². The van der Waals surface area contributed by atoms with Crippen molar-refractivity contribution in [3.63, 3.8) is 0 Å². The Morgan fingerprint density at radius 2 is 1.85 bits per heavy atom. The number of thiophene rings is 1. The van der Waals surface area contributed by atoms with Crippen LogP contribution in [0.2, 0.25) is 0 Å². The second kappa shape index (κ2) is 10.9. The van der Waals surface area contributed by atoms with Gasteiger partial charge in [0.15, 0.2) is 0 Å². The van der Waals surface area contributed by atoms with Gasteiger partial charge < -0.3 is 32.2 Å². The van der Waals surface area contributed by atoms with Crippen LogP contribution >= 0.6 is 11.3 Å². The van der Waals surface area contributed by atoms with E-state index < -0.39 is 17.4 Å². The van der Waals surface area contributed by atoms with Crippen molar-refractivity contribution in [2.24, 2.45) is 11.5 Å². The number of hydrogen-bond donors (Lipinski definition) is 4. The number of nitrogen functional groups attached to an aromatic ring is 1. The molecule has 0 saturated carbocycles. The SMILES string of the molecule is CC(C)(C)OC(=O)N1CCC(c2cc(-c3ccc(C(=O)NCCC(N)=O)cc3)nc3sc(C(N)=O)c(N)c23)C1. The van der Waals surface area contributed by atoms with E-state index in [9.17, 15) is 19.2 Å². The normalized spacial score (nSPS) is 15.4. The van der Waals surface area contributed by atoms with Crippen molar-refractivity contribution >= 4 is 51.1 Å². The Morgan fingerprint density at radius 3 is 2.46 bits per heavy atom. The smallest absolute Gasteiger partial charge is 0.410 e. The van der Waals surface area contributed by atoms with E-state index in [-0.39, 0.29) is 41.4 Å². The Balaban J connectivity index is 1.67. The number of nitrogens with two attached hydrogens (primary N) is 3. The van der Waals surface area contributed by atoms with Gasteiger partial charge in [-0.15, -0.1) is 11.3 Å². The number of aromatic nitrogens is 1. The van der Waals surface area contributed by atoms with Crippen molar-refractivity contribution in [1.29, 1.82) is 0 Å². The first-order valence-electron chi connectivity index (χ1n) is 12.5. The van der Waals surface area contributed by atoms with Crippen LogP contribution in [0.25, 0.3) is 21.5 Å². The predicted molar refractivity (Wildman–Crippen MR) is 149 cm³/mol. The fraction of sp³-hybridized carbons (Fsp3) is 0.370. The number of anilines is 1. The zero-order valence-electron chi connectivity index (χ0n) is 22.1. The zero-order valence-corrected chi connectivity index (χ0v) is 22.9. The molecular formula is C27H32N6O5S. The lowest BCUT2D eigenvalue weighted by molar-refractivity contribution is -0.117. The summed E-state index contributed by atoms with van der Waals surface area (Å²) >= 11 is 1.13. The van der Waals surface area contributed by atoms with Crippen LogP contribution in [0, 0.1) is 0 Å². The Morgan fingerprint density at radius 1 is 1.15 bits per heavy atom. The van der Waals surface area contributed by atoms with Crippen LogP contribution in [0.15, 0.2) is 30.3 Å². The number of likely N-dealkylation sites (tertiary alicyclic amines) is 1. The van der Waals surface area contributed by atoms with Crippen LogP contribution in [-0.4, -0.2) is 58.9 Å². The first-order valence-corrected chi connectivity index (χ1v) is 13.3. The van der Waals surface area contributed by atoms with E-state index in [0.717, 1.165) is 22.5 Å². The molecule has 1 atom stereocenters. The average Bonchev–Trinajstić information content (AvgIpc) is 3.48. The predicted octanol–water partition coefficient (Wildman–Crippen LogP) is 2.97. The number of ether oxygens (including phenoxy) is 1. The Bertz CT molecular complexity index is 1440. The van der Waals surface area contributed by atoms with E-state index in [1.54, 1.807) is 29.2 Å². The molecule has 11 nitrogen and oxygen atoms in total. The number of pyridine rings is 1. The van der Waals surface area contributed by atoms with E-state index in [4.69, 9.17) is 26.9 Å². The third-order valence-corrected chi connectivity index (χ3v) is 7.45. The second-order valence-corrected chi connectivity index (χ2v) is 11.4. The first-order chi connectivity index (χ1) is 18.3. The largest absolute Gasteiger partial charge is 0.444 e. The van der Waals surface area contributed by atoms with Crippen molar-refractivity contribution in [2.75, 3.05) is 25.4 Å². The Kier molecular flexibility index (Phi) is 7.77. The highest BCUT2D eigenvalue weighted by Gasteiger charge is 2.33. The summed E-state index contributed by atoms with van der Waals surface area (Å²) in [7, 11) is 0. The average molecular weight is 553 g/mol. The minimum atomic E-state index is -0.628. The summed E-state index contributed by atoms with van der Waals surface area (Å²) in [6.07, 6.45) is 0.361. The number of carbonyl (C=O) groups is 4. The van der Waals surface area contributed by atoms with Crippen LogP contribution in [0.5, 0.6) is 0 Å². The fourth-order valence-electron chi connectivity index (χ4n) is 4.50. The molecule has 39 heavy (non-hydrogen) atoms. The number of amides is 4. The van der Waals surface area contributed by atoms with Crippen LogP contribution in [0.1, 0.15) is 65.1 Å². The molecule has 3 heterocycles. The topological polar surface area (TPSA) is 184 Å². The summed E-state index contributed by atoms with van der Waals surface area (Å²) in [5.74, 6) is -1.50. The van der Waals surface area contributed by atoms with Gasteiger partial charge in [0.25, 0.3) is 11.8 Å². The maximum absolute atomic E-state index is 12.7. The zero-order chi connectivity index (χ0) is 28.5. The van der Waals surface area contributed by atoms with E-state index >= 15 is 0 Å². The number of rotatable bonds is 7. The molecule has 0 radical (unpaired) electrons. The molecule has 0 aliphatic carbocycles.